The van der Waals surface area contributed by atoms with Gasteiger partial charge in [-0.05, 0) is 23.8 Å². The number of hydrogen-bond donors (Lipinski definition) is 2. The number of sulfonamides is 1. The predicted octanol–water partition coefficient (Wildman–Crippen LogP) is 2.26. The second-order valence-electron chi connectivity index (χ2n) is 3.92. The summed E-state index contributed by atoms with van der Waals surface area (Å²) in [5, 5.41) is 0.440. The van der Waals surface area contributed by atoms with Gasteiger partial charge in [0.2, 0.25) is 10.0 Å². The van der Waals surface area contributed by atoms with Crippen LogP contribution in [0.5, 0.6) is 0 Å². The van der Waals surface area contributed by atoms with Crippen molar-refractivity contribution in [3.8, 4) is 0 Å². The van der Waals surface area contributed by atoms with Gasteiger partial charge >= 0.3 is 0 Å². The topological polar surface area (TPSA) is 85.1 Å². The smallest absolute Gasteiger partial charge is 0.238 e. The van der Waals surface area contributed by atoms with Gasteiger partial charge in [0.1, 0.15) is 5.82 Å². The number of aromatic nitrogens is 1. The molecule has 0 fully saturated rings. The summed E-state index contributed by atoms with van der Waals surface area (Å²) in [5.41, 5.74) is 6.70. The minimum Gasteiger partial charge on any atom is -0.398 e. The van der Waals surface area contributed by atoms with Gasteiger partial charge in [-0.25, -0.2) is 13.4 Å². The van der Waals surface area contributed by atoms with Crippen molar-refractivity contribution >= 4 is 33.1 Å². The SMILES string of the molecule is Nc1ccccc1CS(=O)(=O)Nc1ccc(Cl)cn1. The molecule has 0 spiro atoms. The molecule has 0 aliphatic rings. The van der Waals surface area contributed by atoms with Crippen LogP contribution in [-0.4, -0.2) is 13.4 Å². The first-order valence-electron chi connectivity index (χ1n) is 5.42. The first kappa shape index (κ1) is 13.6. The fourth-order valence-corrected chi connectivity index (χ4v) is 2.80. The van der Waals surface area contributed by atoms with Crippen LogP contribution in [0.2, 0.25) is 5.02 Å². The molecule has 0 amide bonds. The maximum Gasteiger partial charge on any atom is 0.238 e. The van der Waals surface area contributed by atoms with Gasteiger partial charge in [0.25, 0.3) is 0 Å². The third-order valence-corrected chi connectivity index (χ3v) is 3.82. The molecule has 0 saturated heterocycles. The molecule has 0 aliphatic carbocycles. The first-order chi connectivity index (χ1) is 8.96. The second-order valence-corrected chi connectivity index (χ2v) is 6.08. The Bertz CT molecular complexity index is 672. The zero-order valence-electron chi connectivity index (χ0n) is 9.88. The summed E-state index contributed by atoms with van der Waals surface area (Å²) in [7, 11) is -3.56. The molecule has 0 aliphatic heterocycles. The van der Waals surface area contributed by atoms with Crippen molar-refractivity contribution in [2.75, 3.05) is 10.5 Å². The van der Waals surface area contributed by atoms with Gasteiger partial charge < -0.3 is 5.73 Å². The standard InChI is InChI=1S/C12H12ClN3O2S/c13-10-5-6-12(15-7-10)16-19(17,18)8-9-3-1-2-4-11(9)14/h1-7H,8,14H2,(H,15,16). The number of nitrogens with one attached hydrogen (secondary N) is 1. The maximum atomic E-state index is 12.0. The summed E-state index contributed by atoms with van der Waals surface area (Å²) >= 11 is 5.68. The minimum absolute atomic E-state index is 0.204. The summed E-state index contributed by atoms with van der Waals surface area (Å²) in [4.78, 5) is 3.87. The lowest BCUT2D eigenvalue weighted by molar-refractivity contribution is 0.600. The molecule has 0 saturated carbocycles. The van der Waals surface area contributed by atoms with Crippen LogP contribution in [0.3, 0.4) is 0 Å². The van der Waals surface area contributed by atoms with Gasteiger partial charge in [-0.2, -0.15) is 0 Å². The van der Waals surface area contributed by atoms with E-state index in [4.69, 9.17) is 17.3 Å². The third kappa shape index (κ3) is 3.84. The van der Waals surface area contributed by atoms with E-state index in [0.29, 0.717) is 16.3 Å². The summed E-state index contributed by atoms with van der Waals surface area (Å²) < 4.78 is 26.3. The number of nitrogen functional groups attached to an aromatic ring is 1. The van der Waals surface area contributed by atoms with Crippen LogP contribution in [0.4, 0.5) is 11.5 Å². The normalized spacial score (nSPS) is 11.2. The van der Waals surface area contributed by atoms with Crippen molar-refractivity contribution in [2.24, 2.45) is 0 Å². The zero-order valence-corrected chi connectivity index (χ0v) is 11.4. The van der Waals surface area contributed by atoms with Crippen molar-refractivity contribution in [1.29, 1.82) is 0 Å². The monoisotopic (exact) mass is 297 g/mol. The number of nitrogens with two attached hydrogens (primary N) is 1. The van der Waals surface area contributed by atoms with E-state index in [-0.39, 0.29) is 11.6 Å². The Hall–Kier alpha value is -1.79. The van der Waals surface area contributed by atoms with Crippen LogP contribution < -0.4 is 10.5 Å². The average Bonchev–Trinajstić information content (AvgIpc) is 2.35. The second kappa shape index (κ2) is 5.46. The van der Waals surface area contributed by atoms with Gasteiger partial charge in [0.05, 0.1) is 10.8 Å². The average molecular weight is 298 g/mol. The fourth-order valence-electron chi connectivity index (χ4n) is 1.50. The first-order valence-corrected chi connectivity index (χ1v) is 7.45. The van der Waals surface area contributed by atoms with Crippen molar-refractivity contribution < 1.29 is 8.42 Å². The molecule has 1 heterocycles. The van der Waals surface area contributed by atoms with E-state index < -0.39 is 10.0 Å². The van der Waals surface area contributed by atoms with E-state index in [2.05, 4.69) is 9.71 Å². The molecule has 19 heavy (non-hydrogen) atoms. The molecule has 7 heteroatoms. The molecule has 0 radical (unpaired) electrons. The number of para-hydroxylation sites is 1. The van der Waals surface area contributed by atoms with Gasteiger partial charge in [-0.15, -0.1) is 0 Å². The Morgan fingerprint density at radius 3 is 2.58 bits per heavy atom. The molecular formula is C12H12ClN3O2S. The van der Waals surface area contributed by atoms with Crippen LogP contribution in [0, 0.1) is 0 Å². The molecule has 100 valence electrons. The lowest BCUT2D eigenvalue weighted by Crippen LogP contribution is -2.16. The highest BCUT2D eigenvalue weighted by Crippen LogP contribution is 2.16. The van der Waals surface area contributed by atoms with Crippen LogP contribution in [-0.2, 0) is 15.8 Å². The number of anilines is 2. The highest BCUT2D eigenvalue weighted by atomic mass is 35.5. The molecule has 2 rings (SSSR count). The van der Waals surface area contributed by atoms with Crippen LogP contribution >= 0.6 is 11.6 Å². The lowest BCUT2D eigenvalue weighted by atomic mass is 10.2. The van der Waals surface area contributed by atoms with E-state index >= 15 is 0 Å². The van der Waals surface area contributed by atoms with Crippen molar-refractivity contribution in [3.05, 3.63) is 53.2 Å². The van der Waals surface area contributed by atoms with E-state index in [0.717, 1.165) is 0 Å². The molecule has 0 unspecified atom stereocenters. The third-order valence-electron chi connectivity index (χ3n) is 2.39. The quantitative estimate of drug-likeness (QED) is 0.848. The number of nitrogens with zero attached hydrogens (tertiary/aromatic N) is 1. The molecule has 0 atom stereocenters. The molecule has 5 nitrogen and oxygen atoms in total. The Morgan fingerprint density at radius 1 is 1.21 bits per heavy atom. The Morgan fingerprint density at radius 2 is 1.95 bits per heavy atom. The van der Waals surface area contributed by atoms with Crippen molar-refractivity contribution in [2.45, 2.75) is 5.75 Å². The highest BCUT2D eigenvalue weighted by Gasteiger charge is 2.14. The summed E-state index contributed by atoms with van der Waals surface area (Å²) in [5.74, 6) is 0.0168. The molecule has 0 bridgehead atoms. The van der Waals surface area contributed by atoms with Crippen LogP contribution in [0.1, 0.15) is 5.56 Å². The Balaban J connectivity index is 2.15. The number of halogens is 1. The molecule has 2 aromatic rings. The van der Waals surface area contributed by atoms with Gasteiger partial charge in [0, 0.05) is 11.9 Å². The van der Waals surface area contributed by atoms with Gasteiger partial charge in [0.15, 0.2) is 0 Å². The van der Waals surface area contributed by atoms with Crippen LogP contribution in [0.25, 0.3) is 0 Å². The van der Waals surface area contributed by atoms with E-state index in [1.165, 1.54) is 12.3 Å². The summed E-state index contributed by atoms with van der Waals surface area (Å²) in [6.07, 6.45) is 1.37. The zero-order chi connectivity index (χ0) is 13.9. The number of pyridine rings is 1. The molecule has 1 aromatic carbocycles. The predicted molar refractivity (Wildman–Crippen MR) is 76.3 cm³/mol. The van der Waals surface area contributed by atoms with Crippen LogP contribution in [0.15, 0.2) is 42.6 Å². The minimum atomic E-state index is -3.56. The Kier molecular flexibility index (Phi) is 3.92. The Labute approximate surface area is 116 Å². The fraction of sp³-hybridized carbons (Fsp3) is 0.0833. The van der Waals surface area contributed by atoms with E-state index in [9.17, 15) is 8.42 Å². The van der Waals surface area contributed by atoms with E-state index in [1.54, 1.807) is 30.3 Å². The van der Waals surface area contributed by atoms with Crippen molar-refractivity contribution in [1.82, 2.24) is 4.98 Å². The maximum absolute atomic E-state index is 12.0. The molecule has 3 N–H and O–H groups in total. The number of hydrogen-bond acceptors (Lipinski definition) is 4. The van der Waals surface area contributed by atoms with E-state index in [1.807, 2.05) is 0 Å². The van der Waals surface area contributed by atoms with Gasteiger partial charge in [-0.1, -0.05) is 29.8 Å². The number of rotatable bonds is 4. The van der Waals surface area contributed by atoms with Crippen molar-refractivity contribution in [3.63, 3.8) is 0 Å². The summed E-state index contributed by atoms with van der Waals surface area (Å²) in [6, 6.07) is 9.87. The summed E-state index contributed by atoms with van der Waals surface area (Å²) in [6.45, 7) is 0. The largest absolute Gasteiger partial charge is 0.398 e. The van der Waals surface area contributed by atoms with Gasteiger partial charge in [-0.3, -0.25) is 4.72 Å². The lowest BCUT2D eigenvalue weighted by Gasteiger charge is -2.08. The number of benzene rings is 1. The molecular weight excluding hydrogens is 286 g/mol. The highest BCUT2D eigenvalue weighted by molar-refractivity contribution is 7.91. The molecule has 1 aromatic heterocycles.